The molecule has 1 saturated heterocycles. The van der Waals surface area contributed by atoms with Gasteiger partial charge in [0.1, 0.15) is 5.75 Å². The zero-order valence-electron chi connectivity index (χ0n) is 11.9. The van der Waals surface area contributed by atoms with Gasteiger partial charge in [-0.3, -0.25) is 0 Å². The summed E-state index contributed by atoms with van der Waals surface area (Å²) in [4.78, 5) is 15.3. The first-order chi connectivity index (χ1) is 9.06. The Kier molecular flexibility index (Phi) is 4.43. The Labute approximate surface area is 115 Å². The molecule has 0 aromatic heterocycles. The first-order valence-electron chi connectivity index (χ1n) is 6.74. The third-order valence-electron chi connectivity index (χ3n) is 3.62. The van der Waals surface area contributed by atoms with Crippen LogP contribution >= 0.6 is 0 Å². The molecular formula is C15H22N2O2. The molecule has 1 aliphatic rings. The summed E-state index contributed by atoms with van der Waals surface area (Å²) in [7, 11) is 5.53. The molecule has 0 N–H and O–H groups in total. The lowest BCUT2D eigenvalue weighted by molar-refractivity contribution is 0.172. The van der Waals surface area contributed by atoms with Gasteiger partial charge in [-0.05, 0) is 56.6 Å². The second-order valence-electron chi connectivity index (χ2n) is 5.41. The maximum absolute atomic E-state index is 11.5. The predicted molar refractivity (Wildman–Crippen MR) is 75.6 cm³/mol. The zero-order chi connectivity index (χ0) is 13.8. The molecule has 0 bridgehead atoms. The average Bonchev–Trinajstić information content (AvgIpc) is 2.39. The average molecular weight is 262 g/mol. The Bertz CT molecular complexity index is 438. The SMILES string of the molecule is CN1CCC(c2cccc(OC(=O)N(C)C)c2)CC1. The van der Waals surface area contributed by atoms with Gasteiger partial charge in [0.15, 0.2) is 0 Å². The molecule has 0 saturated carbocycles. The maximum Gasteiger partial charge on any atom is 0.414 e. The number of carbonyl (C=O) groups excluding carboxylic acids is 1. The van der Waals surface area contributed by atoms with Crippen LogP contribution in [0.1, 0.15) is 24.3 Å². The minimum absolute atomic E-state index is 0.333. The van der Waals surface area contributed by atoms with Crippen LogP contribution in [-0.4, -0.2) is 50.1 Å². The fourth-order valence-corrected chi connectivity index (χ4v) is 2.37. The quantitative estimate of drug-likeness (QED) is 0.821. The summed E-state index contributed by atoms with van der Waals surface area (Å²) in [5.41, 5.74) is 1.28. The lowest BCUT2D eigenvalue weighted by atomic mass is 9.89. The molecule has 2 rings (SSSR count). The minimum atomic E-state index is -0.333. The van der Waals surface area contributed by atoms with Crippen LogP contribution in [-0.2, 0) is 0 Å². The standard InChI is InChI=1S/C15H22N2O2/c1-16(2)15(18)19-14-6-4-5-13(11-14)12-7-9-17(3)10-8-12/h4-6,11-12H,7-10H2,1-3H3. The van der Waals surface area contributed by atoms with Gasteiger partial charge in [-0.2, -0.15) is 0 Å². The Hall–Kier alpha value is -1.55. The summed E-state index contributed by atoms with van der Waals surface area (Å²) >= 11 is 0. The molecule has 0 atom stereocenters. The number of benzene rings is 1. The Morgan fingerprint density at radius 2 is 2.00 bits per heavy atom. The molecule has 1 heterocycles. The van der Waals surface area contributed by atoms with E-state index in [1.165, 1.54) is 23.3 Å². The summed E-state index contributed by atoms with van der Waals surface area (Å²) in [6, 6.07) is 7.92. The van der Waals surface area contributed by atoms with Crippen LogP contribution in [0, 0.1) is 0 Å². The van der Waals surface area contributed by atoms with E-state index in [-0.39, 0.29) is 6.09 Å². The summed E-state index contributed by atoms with van der Waals surface area (Å²) in [6.45, 7) is 2.26. The molecule has 1 fully saturated rings. The predicted octanol–water partition coefficient (Wildman–Crippen LogP) is 2.56. The zero-order valence-corrected chi connectivity index (χ0v) is 11.9. The van der Waals surface area contributed by atoms with Crippen molar-refractivity contribution in [2.45, 2.75) is 18.8 Å². The van der Waals surface area contributed by atoms with E-state index >= 15 is 0 Å². The second-order valence-corrected chi connectivity index (χ2v) is 5.41. The number of carbonyl (C=O) groups is 1. The maximum atomic E-state index is 11.5. The van der Waals surface area contributed by atoms with E-state index in [0.717, 1.165) is 13.1 Å². The summed E-state index contributed by atoms with van der Waals surface area (Å²) in [5, 5.41) is 0. The summed E-state index contributed by atoms with van der Waals surface area (Å²) in [5.74, 6) is 1.21. The topological polar surface area (TPSA) is 32.8 Å². The second kappa shape index (κ2) is 6.06. The Morgan fingerprint density at radius 3 is 2.63 bits per heavy atom. The molecule has 104 valence electrons. The van der Waals surface area contributed by atoms with Gasteiger partial charge in [0.2, 0.25) is 0 Å². The van der Waals surface area contributed by atoms with Crippen molar-refractivity contribution >= 4 is 6.09 Å². The van der Waals surface area contributed by atoms with E-state index in [1.54, 1.807) is 14.1 Å². The lowest BCUT2D eigenvalue weighted by Crippen LogP contribution is -2.29. The first kappa shape index (κ1) is 13.9. The molecule has 0 spiro atoms. The van der Waals surface area contributed by atoms with Gasteiger partial charge in [0, 0.05) is 14.1 Å². The molecule has 1 amide bonds. The van der Waals surface area contributed by atoms with E-state index in [1.807, 2.05) is 18.2 Å². The molecule has 19 heavy (non-hydrogen) atoms. The van der Waals surface area contributed by atoms with Gasteiger partial charge in [0.05, 0.1) is 0 Å². The molecule has 1 aliphatic heterocycles. The van der Waals surface area contributed by atoms with Crippen LogP contribution in [0.25, 0.3) is 0 Å². The van der Waals surface area contributed by atoms with Crippen molar-refractivity contribution in [2.75, 3.05) is 34.2 Å². The van der Waals surface area contributed by atoms with Crippen molar-refractivity contribution in [1.82, 2.24) is 9.80 Å². The molecule has 1 aromatic carbocycles. The van der Waals surface area contributed by atoms with Gasteiger partial charge in [-0.1, -0.05) is 12.1 Å². The Balaban J connectivity index is 2.04. The molecule has 0 radical (unpaired) electrons. The van der Waals surface area contributed by atoms with E-state index in [2.05, 4.69) is 18.0 Å². The van der Waals surface area contributed by atoms with Crippen LogP contribution < -0.4 is 4.74 Å². The van der Waals surface area contributed by atoms with Gasteiger partial charge >= 0.3 is 6.09 Å². The highest BCUT2D eigenvalue weighted by Crippen LogP contribution is 2.29. The molecule has 0 unspecified atom stereocenters. The first-order valence-corrected chi connectivity index (χ1v) is 6.74. The van der Waals surface area contributed by atoms with Crippen LogP contribution in [0.5, 0.6) is 5.75 Å². The monoisotopic (exact) mass is 262 g/mol. The number of hydrogen-bond acceptors (Lipinski definition) is 3. The largest absolute Gasteiger partial charge is 0.414 e. The number of hydrogen-bond donors (Lipinski definition) is 0. The molecule has 0 aliphatic carbocycles. The van der Waals surface area contributed by atoms with Crippen molar-refractivity contribution in [3.8, 4) is 5.75 Å². The highest BCUT2D eigenvalue weighted by Gasteiger charge is 2.19. The van der Waals surface area contributed by atoms with E-state index in [4.69, 9.17) is 4.74 Å². The number of rotatable bonds is 2. The lowest BCUT2D eigenvalue weighted by Gasteiger charge is -2.29. The van der Waals surface area contributed by atoms with Gasteiger partial charge < -0.3 is 14.5 Å². The van der Waals surface area contributed by atoms with Crippen molar-refractivity contribution in [2.24, 2.45) is 0 Å². The van der Waals surface area contributed by atoms with Gasteiger partial charge in [-0.25, -0.2) is 4.79 Å². The third-order valence-corrected chi connectivity index (χ3v) is 3.62. The van der Waals surface area contributed by atoms with Gasteiger partial charge in [0.25, 0.3) is 0 Å². The smallest absolute Gasteiger partial charge is 0.410 e. The van der Waals surface area contributed by atoms with Crippen molar-refractivity contribution in [3.63, 3.8) is 0 Å². The summed E-state index contributed by atoms with van der Waals surface area (Å²) in [6.07, 6.45) is 2.00. The number of likely N-dealkylation sites (tertiary alicyclic amines) is 1. The van der Waals surface area contributed by atoms with E-state index in [9.17, 15) is 4.79 Å². The van der Waals surface area contributed by atoms with Crippen LogP contribution in [0.3, 0.4) is 0 Å². The number of ether oxygens (including phenoxy) is 1. The number of amides is 1. The fourth-order valence-electron chi connectivity index (χ4n) is 2.37. The minimum Gasteiger partial charge on any atom is -0.410 e. The number of piperidine rings is 1. The van der Waals surface area contributed by atoms with Crippen molar-refractivity contribution in [3.05, 3.63) is 29.8 Å². The highest BCUT2D eigenvalue weighted by molar-refractivity contribution is 5.70. The fraction of sp³-hybridized carbons (Fsp3) is 0.533. The van der Waals surface area contributed by atoms with Crippen molar-refractivity contribution < 1.29 is 9.53 Å². The van der Waals surface area contributed by atoms with Gasteiger partial charge in [-0.15, -0.1) is 0 Å². The number of nitrogens with zero attached hydrogens (tertiary/aromatic N) is 2. The normalized spacial score (nSPS) is 17.2. The van der Waals surface area contributed by atoms with E-state index in [0.29, 0.717) is 11.7 Å². The van der Waals surface area contributed by atoms with E-state index < -0.39 is 0 Å². The Morgan fingerprint density at radius 1 is 1.32 bits per heavy atom. The van der Waals surface area contributed by atoms with Crippen LogP contribution in [0.4, 0.5) is 4.79 Å². The molecular weight excluding hydrogens is 240 g/mol. The van der Waals surface area contributed by atoms with Crippen LogP contribution in [0.2, 0.25) is 0 Å². The molecule has 4 nitrogen and oxygen atoms in total. The summed E-state index contributed by atoms with van der Waals surface area (Å²) < 4.78 is 5.30. The van der Waals surface area contributed by atoms with Crippen molar-refractivity contribution in [1.29, 1.82) is 0 Å². The highest BCUT2D eigenvalue weighted by atomic mass is 16.6. The molecule has 4 heteroatoms. The third kappa shape index (κ3) is 3.70. The molecule has 1 aromatic rings. The van der Waals surface area contributed by atoms with Crippen LogP contribution in [0.15, 0.2) is 24.3 Å².